The molecule has 0 amide bonds. The molecule has 2 heteroatoms. The van der Waals surface area contributed by atoms with E-state index in [1.165, 1.54) is 6.42 Å². The highest BCUT2D eigenvalue weighted by atomic mass is 16.4. The first-order valence-electron chi connectivity index (χ1n) is 4.16. The molecule has 2 bridgehead atoms. The standard InChI is InChI=1S/C9H12O2/c10-9(11)5-8-4-6-1-2-7(8)3-6/h1-2,6-8H,3-5H2,(H,10,11)/t6-,7-,8+/m0/s1. The summed E-state index contributed by atoms with van der Waals surface area (Å²) < 4.78 is 0. The van der Waals surface area contributed by atoms with Crippen molar-refractivity contribution in [2.45, 2.75) is 19.3 Å². The predicted octanol–water partition coefficient (Wildman–Crippen LogP) is 1.67. The maximum atomic E-state index is 10.4. The molecule has 1 saturated carbocycles. The lowest BCUT2D eigenvalue weighted by Crippen LogP contribution is -2.11. The van der Waals surface area contributed by atoms with Crippen LogP contribution in [0.1, 0.15) is 19.3 Å². The minimum Gasteiger partial charge on any atom is -0.481 e. The summed E-state index contributed by atoms with van der Waals surface area (Å²) in [6.45, 7) is 0. The zero-order chi connectivity index (χ0) is 7.84. The fourth-order valence-corrected chi connectivity index (χ4v) is 2.35. The zero-order valence-electron chi connectivity index (χ0n) is 6.36. The summed E-state index contributed by atoms with van der Waals surface area (Å²) in [7, 11) is 0. The largest absolute Gasteiger partial charge is 0.481 e. The van der Waals surface area contributed by atoms with Gasteiger partial charge in [-0.3, -0.25) is 4.79 Å². The average Bonchev–Trinajstić information content (AvgIpc) is 2.45. The van der Waals surface area contributed by atoms with E-state index in [9.17, 15) is 4.79 Å². The lowest BCUT2D eigenvalue weighted by molar-refractivity contribution is -0.138. The SMILES string of the molecule is O=C(O)C[C@H]1C[C@H]2C=C[C@H]1C2. The van der Waals surface area contributed by atoms with Crippen LogP contribution in [-0.4, -0.2) is 11.1 Å². The van der Waals surface area contributed by atoms with Gasteiger partial charge in [0.25, 0.3) is 0 Å². The van der Waals surface area contributed by atoms with Gasteiger partial charge in [0.2, 0.25) is 0 Å². The van der Waals surface area contributed by atoms with Gasteiger partial charge in [-0.1, -0.05) is 12.2 Å². The van der Waals surface area contributed by atoms with E-state index in [1.807, 2.05) is 0 Å². The van der Waals surface area contributed by atoms with Crippen LogP contribution in [0.15, 0.2) is 12.2 Å². The molecule has 2 aliphatic carbocycles. The fraction of sp³-hybridized carbons (Fsp3) is 0.667. The van der Waals surface area contributed by atoms with E-state index in [1.54, 1.807) is 0 Å². The Kier molecular flexibility index (Phi) is 1.48. The maximum Gasteiger partial charge on any atom is 0.303 e. The summed E-state index contributed by atoms with van der Waals surface area (Å²) in [5, 5.41) is 8.58. The van der Waals surface area contributed by atoms with Crippen molar-refractivity contribution in [3.05, 3.63) is 12.2 Å². The van der Waals surface area contributed by atoms with Crippen molar-refractivity contribution in [2.75, 3.05) is 0 Å². The molecule has 0 aliphatic heterocycles. The Bertz CT molecular complexity index is 208. The van der Waals surface area contributed by atoms with Crippen molar-refractivity contribution < 1.29 is 9.90 Å². The maximum absolute atomic E-state index is 10.4. The zero-order valence-corrected chi connectivity index (χ0v) is 6.36. The number of aliphatic carboxylic acids is 1. The van der Waals surface area contributed by atoms with Gasteiger partial charge in [0.15, 0.2) is 0 Å². The van der Waals surface area contributed by atoms with Crippen molar-refractivity contribution >= 4 is 5.97 Å². The van der Waals surface area contributed by atoms with Gasteiger partial charge in [-0.25, -0.2) is 0 Å². The van der Waals surface area contributed by atoms with Crippen LogP contribution in [0.2, 0.25) is 0 Å². The second-order valence-electron chi connectivity index (χ2n) is 3.64. The molecule has 3 atom stereocenters. The highest BCUT2D eigenvalue weighted by molar-refractivity contribution is 5.67. The van der Waals surface area contributed by atoms with Gasteiger partial charge in [-0.05, 0) is 30.6 Å². The first kappa shape index (κ1) is 6.89. The van der Waals surface area contributed by atoms with Gasteiger partial charge in [0, 0.05) is 6.42 Å². The monoisotopic (exact) mass is 152 g/mol. The molecule has 1 N–H and O–H groups in total. The normalized spacial score (nSPS) is 39.8. The topological polar surface area (TPSA) is 37.3 Å². The van der Waals surface area contributed by atoms with Crippen LogP contribution < -0.4 is 0 Å². The van der Waals surface area contributed by atoms with Crippen molar-refractivity contribution in [1.82, 2.24) is 0 Å². The molecular weight excluding hydrogens is 140 g/mol. The number of carboxylic acids is 1. The third-order valence-electron chi connectivity index (χ3n) is 2.85. The van der Waals surface area contributed by atoms with Crippen LogP contribution in [-0.2, 0) is 4.79 Å². The van der Waals surface area contributed by atoms with Crippen molar-refractivity contribution in [1.29, 1.82) is 0 Å². The summed E-state index contributed by atoms with van der Waals surface area (Å²) in [4.78, 5) is 10.4. The van der Waals surface area contributed by atoms with E-state index in [4.69, 9.17) is 5.11 Å². The molecule has 0 radical (unpaired) electrons. The molecule has 0 spiro atoms. The minimum absolute atomic E-state index is 0.367. The van der Waals surface area contributed by atoms with Crippen LogP contribution in [0.3, 0.4) is 0 Å². The van der Waals surface area contributed by atoms with Crippen LogP contribution in [0.25, 0.3) is 0 Å². The molecule has 0 unspecified atom stereocenters. The molecule has 2 aliphatic rings. The van der Waals surface area contributed by atoms with Crippen LogP contribution in [0.5, 0.6) is 0 Å². The van der Waals surface area contributed by atoms with Crippen LogP contribution in [0, 0.1) is 17.8 Å². The summed E-state index contributed by atoms with van der Waals surface area (Å²) in [5.41, 5.74) is 0. The Morgan fingerprint density at radius 1 is 1.45 bits per heavy atom. The first-order valence-corrected chi connectivity index (χ1v) is 4.16. The van der Waals surface area contributed by atoms with Crippen molar-refractivity contribution in [2.24, 2.45) is 17.8 Å². The highest BCUT2D eigenvalue weighted by Crippen LogP contribution is 2.44. The first-order chi connectivity index (χ1) is 5.25. The Labute approximate surface area is 65.9 Å². The molecule has 0 aromatic heterocycles. The van der Waals surface area contributed by atoms with Crippen LogP contribution in [0.4, 0.5) is 0 Å². The third-order valence-corrected chi connectivity index (χ3v) is 2.85. The van der Waals surface area contributed by atoms with E-state index < -0.39 is 5.97 Å². The number of allylic oxidation sites excluding steroid dienone is 2. The molecule has 11 heavy (non-hydrogen) atoms. The predicted molar refractivity (Wildman–Crippen MR) is 41.1 cm³/mol. The lowest BCUT2D eigenvalue weighted by Gasteiger charge is -2.14. The van der Waals surface area contributed by atoms with Gasteiger partial charge in [0.1, 0.15) is 0 Å². The van der Waals surface area contributed by atoms with Gasteiger partial charge >= 0.3 is 5.97 Å². The second kappa shape index (κ2) is 2.36. The molecular formula is C9H12O2. The van der Waals surface area contributed by atoms with Gasteiger partial charge in [-0.2, -0.15) is 0 Å². The summed E-state index contributed by atoms with van der Waals surface area (Å²) in [6.07, 6.45) is 7.11. The quantitative estimate of drug-likeness (QED) is 0.611. The summed E-state index contributed by atoms with van der Waals surface area (Å²) >= 11 is 0. The van der Waals surface area contributed by atoms with Gasteiger partial charge in [0.05, 0.1) is 0 Å². The molecule has 0 heterocycles. The number of carbonyl (C=O) groups is 1. The Morgan fingerprint density at radius 2 is 2.27 bits per heavy atom. The Balaban J connectivity index is 1.98. The molecule has 2 rings (SSSR count). The Hall–Kier alpha value is -0.790. The number of rotatable bonds is 2. The molecule has 0 saturated heterocycles. The van der Waals surface area contributed by atoms with Crippen LogP contribution >= 0.6 is 0 Å². The summed E-state index contributed by atoms with van der Waals surface area (Å²) in [5.74, 6) is 1.07. The fourth-order valence-electron chi connectivity index (χ4n) is 2.35. The van der Waals surface area contributed by atoms with Crippen molar-refractivity contribution in [3.8, 4) is 0 Å². The van der Waals surface area contributed by atoms with Gasteiger partial charge < -0.3 is 5.11 Å². The third kappa shape index (κ3) is 1.17. The average molecular weight is 152 g/mol. The molecule has 60 valence electrons. The molecule has 2 nitrogen and oxygen atoms in total. The minimum atomic E-state index is -0.643. The van der Waals surface area contributed by atoms with E-state index in [2.05, 4.69) is 12.2 Å². The highest BCUT2D eigenvalue weighted by Gasteiger charge is 2.36. The second-order valence-corrected chi connectivity index (χ2v) is 3.64. The number of fused-ring (bicyclic) bond motifs is 2. The van der Waals surface area contributed by atoms with E-state index in [0.717, 1.165) is 6.42 Å². The van der Waals surface area contributed by atoms with Crippen molar-refractivity contribution in [3.63, 3.8) is 0 Å². The smallest absolute Gasteiger partial charge is 0.303 e. The van der Waals surface area contributed by atoms with E-state index in [0.29, 0.717) is 24.2 Å². The molecule has 1 fully saturated rings. The number of hydrogen-bond acceptors (Lipinski definition) is 1. The molecule has 0 aromatic rings. The Morgan fingerprint density at radius 3 is 2.73 bits per heavy atom. The number of carboxylic acid groups (broad SMARTS) is 1. The van der Waals surface area contributed by atoms with Gasteiger partial charge in [-0.15, -0.1) is 0 Å². The van der Waals surface area contributed by atoms with E-state index in [-0.39, 0.29) is 0 Å². The lowest BCUT2D eigenvalue weighted by atomic mass is 9.91. The summed E-state index contributed by atoms with van der Waals surface area (Å²) in [6, 6.07) is 0. The molecule has 0 aromatic carbocycles. The van der Waals surface area contributed by atoms with E-state index >= 15 is 0 Å². The number of hydrogen-bond donors (Lipinski definition) is 1.